The van der Waals surface area contributed by atoms with E-state index in [1.807, 2.05) is 0 Å². The number of nitrogens with one attached hydrogen (secondary N) is 1. The maximum atomic E-state index is 11.2. The Balaban J connectivity index is 2.12. The van der Waals surface area contributed by atoms with Crippen LogP contribution in [0.3, 0.4) is 0 Å². The summed E-state index contributed by atoms with van der Waals surface area (Å²) < 4.78 is 2.24. The van der Waals surface area contributed by atoms with Crippen molar-refractivity contribution in [2.45, 2.75) is 39.3 Å². The normalized spacial score (nSPS) is 18.7. The minimum absolute atomic E-state index is 0.0108. The number of amides is 1. The van der Waals surface area contributed by atoms with Gasteiger partial charge in [-0.15, -0.1) is 0 Å². The molecule has 1 aliphatic heterocycles. The highest BCUT2D eigenvalue weighted by molar-refractivity contribution is 5.78. The number of rotatable bonds is 1. The Kier molecular flexibility index (Phi) is 2.58. The number of benzene rings is 1. The maximum absolute atomic E-state index is 11.2. The summed E-state index contributed by atoms with van der Waals surface area (Å²) in [6, 6.07) is 6.36. The van der Waals surface area contributed by atoms with Gasteiger partial charge in [0, 0.05) is 13.5 Å². The van der Waals surface area contributed by atoms with Gasteiger partial charge in [-0.1, -0.05) is 6.07 Å². The van der Waals surface area contributed by atoms with Crippen LogP contribution in [0.4, 0.5) is 0 Å². The molecule has 0 aliphatic carbocycles. The Morgan fingerprint density at radius 3 is 3.11 bits per heavy atom. The first-order valence-corrected chi connectivity index (χ1v) is 6.39. The summed E-state index contributed by atoms with van der Waals surface area (Å²) in [6.45, 7) is 4.64. The van der Waals surface area contributed by atoms with Gasteiger partial charge in [-0.3, -0.25) is 4.79 Å². The highest BCUT2D eigenvalue weighted by Crippen LogP contribution is 2.29. The second-order valence-electron chi connectivity index (χ2n) is 5.01. The summed E-state index contributed by atoms with van der Waals surface area (Å²) in [4.78, 5) is 15.9. The average molecular weight is 243 g/mol. The van der Waals surface area contributed by atoms with Gasteiger partial charge in [-0.25, -0.2) is 4.98 Å². The molecule has 0 unspecified atom stereocenters. The van der Waals surface area contributed by atoms with Gasteiger partial charge in [-0.2, -0.15) is 0 Å². The van der Waals surface area contributed by atoms with Gasteiger partial charge in [0.1, 0.15) is 5.82 Å². The van der Waals surface area contributed by atoms with Crippen LogP contribution in [0.1, 0.15) is 37.2 Å². The van der Waals surface area contributed by atoms with Gasteiger partial charge in [0.25, 0.3) is 0 Å². The van der Waals surface area contributed by atoms with Crippen molar-refractivity contribution in [3.8, 4) is 0 Å². The lowest BCUT2D eigenvalue weighted by atomic mass is 10.1. The second kappa shape index (κ2) is 4.12. The van der Waals surface area contributed by atoms with Crippen molar-refractivity contribution in [3.63, 3.8) is 0 Å². The van der Waals surface area contributed by atoms with Crippen LogP contribution in [-0.2, 0) is 11.3 Å². The van der Waals surface area contributed by atoms with Crippen LogP contribution >= 0.6 is 0 Å². The first kappa shape index (κ1) is 11.3. The van der Waals surface area contributed by atoms with Gasteiger partial charge in [-0.05, 0) is 37.5 Å². The Bertz CT molecular complexity index is 615. The molecule has 0 radical (unpaired) electrons. The Labute approximate surface area is 106 Å². The van der Waals surface area contributed by atoms with E-state index in [4.69, 9.17) is 0 Å². The van der Waals surface area contributed by atoms with Crippen LogP contribution in [0.2, 0.25) is 0 Å². The fourth-order valence-electron chi connectivity index (χ4n) is 2.72. The Hall–Kier alpha value is -1.84. The zero-order valence-electron chi connectivity index (χ0n) is 10.7. The number of fused-ring (bicyclic) bond motifs is 3. The summed E-state index contributed by atoms with van der Waals surface area (Å²) in [5.41, 5.74) is 3.44. The molecule has 1 atom stereocenters. The van der Waals surface area contributed by atoms with Crippen molar-refractivity contribution in [1.29, 1.82) is 0 Å². The zero-order chi connectivity index (χ0) is 12.7. The Morgan fingerprint density at radius 2 is 2.33 bits per heavy atom. The molecule has 18 heavy (non-hydrogen) atoms. The van der Waals surface area contributed by atoms with Crippen molar-refractivity contribution >= 4 is 16.9 Å². The molecule has 1 aromatic heterocycles. The molecule has 94 valence electrons. The highest BCUT2D eigenvalue weighted by atomic mass is 16.1. The van der Waals surface area contributed by atoms with Gasteiger partial charge in [0.15, 0.2) is 0 Å². The quantitative estimate of drug-likeness (QED) is 0.835. The van der Waals surface area contributed by atoms with E-state index in [9.17, 15) is 4.79 Å². The van der Waals surface area contributed by atoms with Crippen molar-refractivity contribution in [2.75, 3.05) is 0 Å². The van der Waals surface area contributed by atoms with E-state index in [-0.39, 0.29) is 11.9 Å². The van der Waals surface area contributed by atoms with E-state index in [1.54, 1.807) is 6.92 Å². The molecule has 2 heterocycles. The van der Waals surface area contributed by atoms with E-state index in [0.29, 0.717) is 0 Å². The largest absolute Gasteiger partial charge is 0.346 e. The third-order valence-corrected chi connectivity index (χ3v) is 3.50. The molecular weight excluding hydrogens is 226 g/mol. The minimum Gasteiger partial charge on any atom is -0.346 e. The van der Waals surface area contributed by atoms with Gasteiger partial charge < -0.3 is 9.88 Å². The maximum Gasteiger partial charge on any atom is 0.217 e. The molecule has 1 aromatic carbocycles. The van der Waals surface area contributed by atoms with Gasteiger partial charge >= 0.3 is 0 Å². The molecule has 2 aromatic rings. The van der Waals surface area contributed by atoms with Gasteiger partial charge in [0.05, 0.1) is 17.1 Å². The fraction of sp³-hybridized carbons (Fsp3) is 0.429. The molecule has 0 saturated heterocycles. The number of carbonyl (C=O) groups is 1. The van der Waals surface area contributed by atoms with Crippen molar-refractivity contribution < 1.29 is 4.79 Å². The highest BCUT2D eigenvalue weighted by Gasteiger charge is 2.24. The van der Waals surface area contributed by atoms with Crippen molar-refractivity contribution in [2.24, 2.45) is 0 Å². The Morgan fingerprint density at radius 1 is 1.50 bits per heavy atom. The predicted molar refractivity (Wildman–Crippen MR) is 70.3 cm³/mol. The number of aryl methyl sites for hydroxylation is 2. The minimum atomic E-state index is 0.0108. The van der Waals surface area contributed by atoms with Crippen LogP contribution in [-0.4, -0.2) is 15.5 Å². The predicted octanol–water partition coefficient (Wildman–Crippen LogP) is 2.32. The molecule has 1 amide bonds. The summed E-state index contributed by atoms with van der Waals surface area (Å²) in [5, 5.41) is 2.99. The lowest BCUT2D eigenvalue weighted by molar-refractivity contribution is -0.119. The van der Waals surface area contributed by atoms with Crippen LogP contribution in [0.25, 0.3) is 11.0 Å². The smallest absolute Gasteiger partial charge is 0.217 e. The molecule has 3 rings (SSSR count). The fourth-order valence-corrected chi connectivity index (χ4v) is 2.72. The number of imidazole rings is 1. The standard InChI is InChI=1S/C14H17N3O/c1-9-5-6-11-13(8-9)17-7-3-4-12(14(17)16-11)15-10(2)18/h5-6,8,12H,3-4,7H2,1-2H3,(H,15,18)/t12-/m1/s1. The number of hydrogen-bond donors (Lipinski definition) is 1. The molecule has 4 nitrogen and oxygen atoms in total. The van der Waals surface area contributed by atoms with Gasteiger partial charge in [0.2, 0.25) is 5.91 Å². The topological polar surface area (TPSA) is 46.9 Å². The lowest BCUT2D eigenvalue weighted by Crippen LogP contribution is -2.31. The average Bonchev–Trinajstić information content (AvgIpc) is 2.68. The van der Waals surface area contributed by atoms with Crippen molar-refractivity contribution in [1.82, 2.24) is 14.9 Å². The first-order valence-electron chi connectivity index (χ1n) is 6.39. The van der Waals surface area contributed by atoms with E-state index in [0.717, 1.165) is 30.7 Å². The van der Waals surface area contributed by atoms with Crippen LogP contribution in [0.5, 0.6) is 0 Å². The molecule has 0 spiro atoms. The zero-order valence-corrected chi connectivity index (χ0v) is 10.7. The third kappa shape index (κ3) is 1.78. The number of hydrogen-bond acceptors (Lipinski definition) is 2. The summed E-state index contributed by atoms with van der Waals surface area (Å²) >= 11 is 0. The van der Waals surface area contributed by atoms with Crippen LogP contribution < -0.4 is 5.32 Å². The summed E-state index contributed by atoms with van der Waals surface area (Å²) in [5.74, 6) is 1.01. The monoisotopic (exact) mass is 243 g/mol. The van der Waals surface area contributed by atoms with E-state index >= 15 is 0 Å². The molecule has 0 bridgehead atoms. The lowest BCUT2D eigenvalue weighted by Gasteiger charge is -2.24. The van der Waals surface area contributed by atoms with E-state index < -0.39 is 0 Å². The molecular formula is C14H17N3O. The molecule has 1 N–H and O–H groups in total. The third-order valence-electron chi connectivity index (χ3n) is 3.50. The SMILES string of the molecule is CC(=O)N[C@@H]1CCCn2c1nc1ccc(C)cc12. The number of aromatic nitrogens is 2. The second-order valence-corrected chi connectivity index (χ2v) is 5.01. The van der Waals surface area contributed by atoms with Crippen LogP contribution in [0, 0.1) is 6.92 Å². The summed E-state index contributed by atoms with van der Waals surface area (Å²) in [6.07, 6.45) is 2.05. The van der Waals surface area contributed by atoms with Crippen molar-refractivity contribution in [3.05, 3.63) is 29.6 Å². The first-order chi connectivity index (χ1) is 8.65. The number of carbonyl (C=O) groups excluding carboxylic acids is 1. The molecule has 0 saturated carbocycles. The van der Waals surface area contributed by atoms with E-state index in [2.05, 4.69) is 40.0 Å². The molecule has 0 fully saturated rings. The summed E-state index contributed by atoms with van der Waals surface area (Å²) in [7, 11) is 0. The molecule has 4 heteroatoms. The number of nitrogens with zero attached hydrogens (tertiary/aromatic N) is 2. The molecule has 1 aliphatic rings. The van der Waals surface area contributed by atoms with E-state index in [1.165, 1.54) is 11.1 Å². The van der Waals surface area contributed by atoms with Crippen LogP contribution in [0.15, 0.2) is 18.2 Å².